The van der Waals surface area contributed by atoms with Crippen LogP contribution >= 0.6 is 23.4 Å². The van der Waals surface area contributed by atoms with Crippen LogP contribution in [0.25, 0.3) is 11.1 Å². The number of halogens is 1. The lowest BCUT2D eigenvalue weighted by Crippen LogP contribution is -2.28. The van der Waals surface area contributed by atoms with Gasteiger partial charge in [-0.05, 0) is 29.7 Å². The molecule has 0 saturated carbocycles. The average Bonchev–Trinajstić information content (AvgIpc) is 2.67. The molecule has 0 fully saturated rings. The summed E-state index contributed by atoms with van der Waals surface area (Å²) in [4.78, 5) is 12.0. The van der Waals surface area contributed by atoms with Crippen molar-refractivity contribution in [1.29, 1.82) is 0 Å². The quantitative estimate of drug-likeness (QED) is 0.548. The minimum atomic E-state index is -1.02. The van der Waals surface area contributed by atoms with Crippen molar-refractivity contribution in [2.75, 3.05) is 0 Å². The van der Waals surface area contributed by atoms with Gasteiger partial charge in [0.2, 0.25) is 0 Å². The number of hydrogen-bond donors (Lipinski definition) is 1. The van der Waals surface area contributed by atoms with Crippen LogP contribution < -0.4 is 0 Å². The highest BCUT2D eigenvalue weighted by molar-refractivity contribution is 8.00. The third-order valence-corrected chi connectivity index (χ3v) is 6.19. The van der Waals surface area contributed by atoms with Crippen LogP contribution in [0.4, 0.5) is 0 Å². The molecule has 0 heterocycles. The maximum atomic E-state index is 12.0. The number of rotatable bonds is 6. The molecule has 132 valence electrons. The molecule has 1 atom stereocenters. The summed E-state index contributed by atoms with van der Waals surface area (Å²) in [5.41, 5.74) is 3.79. The fraction of sp³-hybridized carbons (Fsp3) is 0.136. The van der Waals surface area contributed by atoms with Crippen molar-refractivity contribution in [3.8, 4) is 11.1 Å². The van der Waals surface area contributed by atoms with E-state index in [1.54, 1.807) is 6.92 Å². The summed E-state index contributed by atoms with van der Waals surface area (Å²) in [6.07, 6.45) is 0. The van der Waals surface area contributed by atoms with Crippen molar-refractivity contribution in [2.24, 2.45) is 0 Å². The van der Waals surface area contributed by atoms with Crippen molar-refractivity contribution in [3.63, 3.8) is 0 Å². The van der Waals surface area contributed by atoms with Crippen LogP contribution in [0.1, 0.15) is 18.1 Å². The van der Waals surface area contributed by atoms with Gasteiger partial charge in [0.05, 0.1) is 0 Å². The first-order valence-corrected chi connectivity index (χ1v) is 9.64. The molecule has 4 heteroatoms. The molecule has 0 amide bonds. The van der Waals surface area contributed by atoms with Crippen molar-refractivity contribution < 1.29 is 9.90 Å². The second kappa shape index (κ2) is 7.98. The van der Waals surface area contributed by atoms with Gasteiger partial charge in [-0.2, -0.15) is 0 Å². The van der Waals surface area contributed by atoms with Crippen LogP contribution in [-0.4, -0.2) is 11.1 Å². The molecule has 3 aromatic rings. The number of carboxylic acid groups (broad SMARTS) is 1. The maximum Gasteiger partial charge on any atom is 0.324 e. The molecule has 0 aliphatic carbocycles. The van der Waals surface area contributed by atoms with Crippen LogP contribution in [0, 0.1) is 0 Å². The van der Waals surface area contributed by atoms with E-state index in [1.165, 1.54) is 11.8 Å². The Balaban J connectivity index is 1.86. The molecule has 0 aromatic heterocycles. The van der Waals surface area contributed by atoms with Gasteiger partial charge in [-0.3, -0.25) is 4.79 Å². The van der Waals surface area contributed by atoms with Crippen LogP contribution in [0.5, 0.6) is 0 Å². The van der Waals surface area contributed by atoms with E-state index in [-0.39, 0.29) is 0 Å². The molecule has 0 radical (unpaired) electrons. The number of benzene rings is 3. The zero-order valence-corrected chi connectivity index (χ0v) is 15.9. The van der Waals surface area contributed by atoms with Gasteiger partial charge in [0.25, 0.3) is 0 Å². The van der Waals surface area contributed by atoms with Crippen LogP contribution in [0.3, 0.4) is 0 Å². The average molecular weight is 383 g/mol. The molecule has 3 aromatic carbocycles. The van der Waals surface area contributed by atoms with Crippen LogP contribution in [0.15, 0.2) is 78.9 Å². The van der Waals surface area contributed by atoms with Crippen molar-refractivity contribution in [2.45, 2.75) is 17.4 Å². The van der Waals surface area contributed by atoms with Crippen molar-refractivity contribution >= 4 is 29.3 Å². The Bertz CT molecular complexity index is 894. The van der Waals surface area contributed by atoms with Gasteiger partial charge in [-0.1, -0.05) is 84.4 Å². The normalized spacial score (nSPS) is 13.2. The predicted molar refractivity (Wildman–Crippen MR) is 110 cm³/mol. The second-order valence-corrected chi connectivity index (χ2v) is 7.97. The van der Waals surface area contributed by atoms with Crippen molar-refractivity contribution in [1.82, 2.24) is 0 Å². The number of carboxylic acids is 1. The maximum absolute atomic E-state index is 12.0. The fourth-order valence-electron chi connectivity index (χ4n) is 2.73. The lowest BCUT2D eigenvalue weighted by atomic mass is 9.97. The summed E-state index contributed by atoms with van der Waals surface area (Å²) < 4.78 is -1.02. The minimum absolute atomic E-state index is 0.635. The Morgan fingerprint density at radius 1 is 0.962 bits per heavy atom. The van der Waals surface area contributed by atoms with E-state index >= 15 is 0 Å². The van der Waals surface area contributed by atoms with E-state index in [9.17, 15) is 9.90 Å². The van der Waals surface area contributed by atoms with Gasteiger partial charge in [-0.25, -0.2) is 0 Å². The number of aliphatic carboxylic acids is 1. The van der Waals surface area contributed by atoms with Crippen LogP contribution in [0.2, 0.25) is 5.02 Å². The van der Waals surface area contributed by atoms with Crippen molar-refractivity contribution in [3.05, 3.63) is 95.0 Å². The summed E-state index contributed by atoms with van der Waals surface area (Å²) in [7, 11) is 0. The van der Waals surface area contributed by atoms with Gasteiger partial charge in [-0.15, -0.1) is 11.8 Å². The topological polar surface area (TPSA) is 37.3 Å². The van der Waals surface area contributed by atoms with Crippen LogP contribution in [-0.2, 0) is 15.3 Å². The third-order valence-electron chi connectivity index (χ3n) is 4.40. The molecule has 1 unspecified atom stereocenters. The highest BCUT2D eigenvalue weighted by Crippen LogP contribution is 2.39. The van der Waals surface area contributed by atoms with E-state index in [4.69, 9.17) is 11.6 Å². The highest BCUT2D eigenvalue weighted by Gasteiger charge is 2.35. The summed E-state index contributed by atoms with van der Waals surface area (Å²) in [5.74, 6) is -0.209. The smallest absolute Gasteiger partial charge is 0.324 e. The monoisotopic (exact) mass is 382 g/mol. The molecule has 26 heavy (non-hydrogen) atoms. The Hall–Kier alpha value is -2.23. The Morgan fingerprint density at radius 2 is 1.58 bits per heavy atom. The van der Waals surface area contributed by atoms with Gasteiger partial charge in [0.1, 0.15) is 4.75 Å². The van der Waals surface area contributed by atoms with E-state index in [0.29, 0.717) is 10.8 Å². The third kappa shape index (κ3) is 3.95. The van der Waals surface area contributed by atoms with Gasteiger partial charge >= 0.3 is 5.97 Å². The van der Waals surface area contributed by atoms with E-state index in [2.05, 4.69) is 0 Å². The minimum Gasteiger partial charge on any atom is -0.480 e. The first kappa shape index (κ1) is 18.6. The summed E-state index contributed by atoms with van der Waals surface area (Å²) in [6, 6.07) is 25.2. The first-order valence-electron chi connectivity index (χ1n) is 8.27. The molecule has 2 nitrogen and oxygen atoms in total. The van der Waals surface area contributed by atoms with Gasteiger partial charge in [0, 0.05) is 16.3 Å². The predicted octanol–water partition coefficient (Wildman–Crippen LogP) is 6.24. The van der Waals surface area contributed by atoms with E-state index in [0.717, 1.165) is 22.3 Å². The highest BCUT2D eigenvalue weighted by atomic mass is 35.5. The van der Waals surface area contributed by atoms with E-state index in [1.807, 2.05) is 78.9 Å². The standard InChI is InChI=1S/C22H19ClO2S/c1-22(21(24)25,26-15-16-7-3-2-4-8-16)18-13-11-17(12-14-18)19-9-5-6-10-20(19)23/h2-14H,15H2,1H3,(H,24,25). The largest absolute Gasteiger partial charge is 0.480 e. The molecule has 0 aliphatic heterocycles. The zero-order valence-electron chi connectivity index (χ0n) is 14.4. The van der Waals surface area contributed by atoms with Gasteiger partial charge in [0.15, 0.2) is 0 Å². The molecule has 0 saturated heterocycles. The fourth-order valence-corrected chi connectivity index (χ4v) is 4.05. The summed E-state index contributed by atoms with van der Waals surface area (Å²) >= 11 is 7.68. The first-order chi connectivity index (χ1) is 12.5. The Labute approximate surface area is 162 Å². The lowest BCUT2D eigenvalue weighted by molar-refractivity contribution is -0.139. The molecular weight excluding hydrogens is 364 g/mol. The summed E-state index contributed by atoms with van der Waals surface area (Å²) in [6.45, 7) is 1.76. The second-order valence-electron chi connectivity index (χ2n) is 6.17. The van der Waals surface area contributed by atoms with E-state index < -0.39 is 10.7 Å². The number of carbonyl (C=O) groups is 1. The molecule has 0 bridgehead atoms. The molecule has 1 N–H and O–H groups in total. The molecular formula is C22H19ClO2S. The summed E-state index contributed by atoms with van der Waals surface area (Å²) in [5, 5.41) is 10.5. The Morgan fingerprint density at radius 3 is 2.19 bits per heavy atom. The number of hydrogen-bond acceptors (Lipinski definition) is 2. The Kier molecular flexibility index (Phi) is 5.70. The molecule has 0 spiro atoms. The van der Waals surface area contributed by atoms with Gasteiger partial charge < -0.3 is 5.11 Å². The molecule has 3 rings (SSSR count). The zero-order chi connectivity index (χ0) is 18.6. The molecule has 0 aliphatic rings. The lowest BCUT2D eigenvalue weighted by Gasteiger charge is -2.25. The SMILES string of the molecule is CC(SCc1ccccc1)(C(=O)O)c1ccc(-c2ccccc2Cl)cc1. The number of thioether (sulfide) groups is 1.